The fourth-order valence-electron chi connectivity index (χ4n) is 3.72. The predicted octanol–water partition coefficient (Wildman–Crippen LogP) is 1.98. The average molecular weight is 396 g/mol. The van der Waals surface area contributed by atoms with Gasteiger partial charge in [0.25, 0.3) is 5.91 Å². The van der Waals surface area contributed by atoms with Crippen LogP contribution in [0.4, 0.5) is 0 Å². The van der Waals surface area contributed by atoms with Crippen LogP contribution in [-0.2, 0) is 9.59 Å². The molecule has 3 unspecified atom stereocenters. The second kappa shape index (κ2) is 10.5. The first-order chi connectivity index (χ1) is 12.6. The van der Waals surface area contributed by atoms with Crippen LogP contribution >= 0.6 is 12.4 Å². The van der Waals surface area contributed by atoms with Crippen LogP contribution in [0.25, 0.3) is 0 Å². The SMILES string of the molecule is CC(Oc1ccccc1)C(=O)N1CCCC(CNC(=O)C2CCCN2)C1.Cl. The van der Waals surface area contributed by atoms with Crippen molar-refractivity contribution in [3.05, 3.63) is 30.3 Å². The van der Waals surface area contributed by atoms with Crippen LogP contribution in [0.15, 0.2) is 30.3 Å². The Morgan fingerprint density at radius 3 is 2.74 bits per heavy atom. The molecule has 2 aliphatic heterocycles. The topological polar surface area (TPSA) is 70.7 Å². The molecule has 27 heavy (non-hydrogen) atoms. The Bertz CT molecular complexity index is 608. The lowest BCUT2D eigenvalue weighted by atomic mass is 9.97. The Kier molecular flexibility index (Phi) is 8.38. The largest absolute Gasteiger partial charge is 0.481 e. The lowest BCUT2D eigenvalue weighted by Gasteiger charge is -2.34. The van der Waals surface area contributed by atoms with E-state index in [9.17, 15) is 9.59 Å². The molecular weight excluding hydrogens is 366 g/mol. The molecule has 0 spiro atoms. The van der Waals surface area contributed by atoms with E-state index in [4.69, 9.17) is 4.74 Å². The smallest absolute Gasteiger partial charge is 0.263 e. The first-order valence-corrected chi connectivity index (χ1v) is 9.65. The van der Waals surface area contributed by atoms with Crippen LogP contribution in [0.5, 0.6) is 5.75 Å². The number of piperidine rings is 1. The number of likely N-dealkylation sites (tertiary alicyclic amines) is 1. The third-order valence-corrected chi connectivity index (χ3v) is 5.18. The van der Waals surface area contributed by atoms with E-state index >= 15 is 0 Å². The molecule has 1 aromatic carbocycles. The summed E-state index contributed by atoms with van der Waals surface area (Å²) < 4.78 is 5.76. The molecule has 3 rings (SSSR count). The van der Waals surface area contributed by atoms with E-state index in [1.165, 1.54) is 0 Å². The number of benzene rings is 1. The maximum Gasteiger partial charge on any atom is 0.263 e. The number of carbonyl (C=O) groups excluding carboxylic acids is 2. The minimum absolute atomic E-state index is 0. The van der Waals surface area contributed by atoms with E-state index in [2.05, 4.69) is 10.6 Å². The summed E-state index contributed by atoms with van der Waals surface area (Å²) in [5.41, 5.74) is 0. The number of carbonyl (C=O) groups is 2. The molecule has 150 valence electrons. The molecule has 2 N–H and O–H groups in total. The zero-order valence-corrected chi connectivity index (χ0v) is 16.7. The van der Waals surface area contributed by atoms with Crippen molar-refractivity contribution in [3.8, 4) is 5.75 Å². The van der Waals surface area contributed by atoms with E-state index in [-0.39, 0.29) is 30.3 Å². The van der Waals surface area contributed by atoms with Crippen LogP contribution in [0.3, 0.4) is 0 Å². The highest BCUT2D eigenvalue weighted by atomic mass is 35.5. The molecule has 2 saturated heterocycles. The monoisotopic (exact) mass is 395 g/mol. The summed E-state index contributed by atoms with van der Waals surface area (Å²) in [7, 11) is 0. The number of halogens is 1. The van der Waals surface area contributed by atoms with E-state index in [0.717, 1.165) is 38.8 Å². The molecule has 0 saturated carbocycles. The number of amides is 2. The quantitative estimate of drug-likeness (QED) is 0.772. The van der Waals surface area contributed by atoms with Crippen molar-refractivity contribution in [3.63, 3.8) is 0 Å². The van der Waals surface area contributed by atoms with Gasteiger partial charge in [-0.2, -0.15) is 0 Å². The molecule has 2 aliphatic rings. The molecule has 7 heteroatoms. The number of hydrogen-bond acceptors (Lipinski definition) is 4. The van der Waals surface area contributed by atoms with E-state index in [0.29, 0.717) is 24.8 Å². The zero-order chi connectivity index (χ0) is 18.4. The van der Waals surface area contributed by atoms with Gasteiger partial charge in [-0.15, -0.1) is 12.4 Å². The molecule has 1 aromatic rings. The molecule has 2 heterocycles. The van der Waals surface area contributed by atoms with Gasteiger partial charge in [0.1, 0.15) is 5.75 Å². The highest BCUT2D eigenvalue weighted by molar-refractivity contribution is 5.85. The van der Waals surface area contributed by atoms with Crippen LogP contribution in [0.2, 0.25) is 0 Å². The van der Waals surface area contributed by atoms with Crippen LogP contribution in [-0.4, -0.2) is 55.0 Å². The highest BCUT2D eigenvalue weighted by Crippen LogP contribution is 2.19. The minimum atomic E-state index is -0.506. The van der Waals surface area contributed by atoms with Crippen molar-refractivity contribution in [2.24, 2.45) is 5.92 Å². The first-order valence-electron chi connectivity index (χ1n) is 9.65. The Morgan fingerprint density at radius 2 is 2.04 bits per heavy atom. The van der Waals surface area contributed by atoms with E-state index in [1.807, 2.05) is 35.2 Å². The van der Waals surface area contributed by atoms with Gasteiger partial charge in [0.15, 0.2) is 6.10 Å². The third kappa shape index (κ3) is 6.11. The average Bonchev–Trinajstić information content (AvgIpc) is 3.21. The van der Waals surface area contributed by atoms with Gasteiger partial charge in [-0.05, 0) is 57.2 Å². The summed E-state index contributed by atoms with van der Waals surface area (Å²) in [6.45, 7) is 4.79. The summed E-state index contributed by atoms with van der Waals surface area (Å²) in [5, 5.41) is 6.27. The number of para-hydroxylation sites is 1. The number of nitrogens with zero attached hydrogens (tertiary/aromatic N) is 1. The summed E-state index contributed by atoms with van der Waals surface area (Å²) in [4.78, 5) is 26.7. The highest BCUT2D eigenvalue weighted by Gasteiger charge is 2.29. The van der Waals surface area contributed by atoms with Gasteiger partial charge in [-0.1, -0.05) is 18.2 Å². The summed E-state index contributed by atoms with van der Waals surface area (Å²) in [6, 6.07) is 9.38. The van der Waals surface area contributed by atoms with Crippen molar-refractivity contribution in [1.29, 1.82) is 0 Å². The number of hydrogen-bond donors (Lipinski definition) is 2. The Hall–Kier alpha value is -1.79. The van der Waals surface area contributed by atoms with Crippen molar-refractivity contribution in [2.45, 2.75) is 44.8 Å². The molecule has 0 aliphatic carbocycles. The Labute approximate surface area is 167 Å². The number of ether oxygens (including phenoxy) is 1. The van der Waals surface area contributed by atoms with E-state index < -0.39 is 6.10 Å². The van der Waals surface area contributed by atoms with Gasteiger partial charge in [-0.25, -0.2) is 0 Å². The Morgan fingerprint density at radius 1 is 1.26 bits per heavy atom. The number of nitrogens with one attached hydrogen (secondary N) is 2. The van der Waals surface area contributed by atoms with Crippen molar-refractivity contribution < 1.29 is 14.3 Å². The standard InChI is InChI=1S/C20H29N3O3.ClH/c1-15(26-17-8-3-2-4-9-17)20(25)23-12-6-7-16(14-23)13-22-19(24)18-10-5-11-21-18;/h2-4,8-9,15-16,18,21H,5-7,10-14H2,1H3,(H,22,24);1H. The lowest BCUT2D eigenvalue weighted by molar-refractivity contribution is -0.139. The summed E-state index contributed by atoms with van der Waals surface area (Å²) in [6.07, 6.45) is 3.47. The fraction of sp³-hybridized carbons (Fsp3) is 0.600. The molecule has 6 nitrogen and oxygen atoms in total. The Balaban J connectivity index is 0.00000261. The molecule has 0 radical (unpaired) electrons. The van der Waals surface area contributed by atoms with Crippen LogP contribution in [0.1, 0.15) is 32.6 Å². The molecule has 3 atom stereocenters. The summed E-state index contributed by atoms with van der Waals surface area (Å²) in [5.74, 6) is 1.12. The van der Waals surface area contributed by atoms with Gasteiger partial charge in [0.2, 0.25) is 5.91 Å². The third-order valence-electron chi connectivity index (χ3n) is 5.18. The normalized spacial score (nSPS) is 23.2. The zero-order valence-electron chi connectivity index (χ0n) is 15.9. The maximum atomic E-state index is 12.7. The number of rotatable bonds is 6. The van der Waals surface area contributed by atoms with Gasteiger partial charge in [0, 0.05) is 19.6 Å². The van der Waals surface area contributed by atoms with E-state index in [1.54, 1.807) is 6.92 Å². The molecule has 0 aromatic heterocycles. The maximum absolute atomic E-state index is 12.7. The predicted molar refractivity (Wildman–Crippen MR) is 107 cm³/mol. The molecule has 2 fully saturated rings. The van der Waals surface area contributed by atoms with Crippen molar-refractivity contribution >= 4 is 24.2 Å². The van der Waals surface area contributed by atoms with Gasteiger partial charge >= 0.3 is 0 Å². The molecule has 2 amide bonds. The van der Waals surface area contributed by atoms with Crippen LogP contribution < -0.4 is 15.4 Å². The first kappa shape index (κ1) is 21.5. The van der Waals surface area contributed by atoms with Crippen molar-refractivity contribution in [2.75, 3.05) is 26.2 Å². The van der Waals surface area contributed by atoms with Gasteiger partial charge in [-0.3, -0.25) is 9.59 Å². The minimum Gasteiger partial charge on any atom is -0.481 e. The van der Waals surface area contributed by atoms with Gasteiger partial charge in [0.05, 0.1) is 6.04 Å². The molecule has 0 bridgehead atoms. The summed E-state index contributed by atoms with van der Waals surface area (Å²) >= 11 is 0. The second-order valence-electron chi connectivity index (χ2n) is 7.26. The van der Waals surface area contributed by atoms with Gasteiger partial charge < -0.3 is 20.3 Å². The van der Waals surface area contributed by atoms with Crippen molar-refractivity contribution in [1.82, 2.24) is 15.5 Å². The fourth-order valence-corrected chi connectivity index (χ4v) is 3.72. The lowest BCUT2D eigenvalue weighted by Crippen LogP contribution is -2.49. The second-order valence-corrected chi connectivity index (χ2v) is 7.26. The van der Waals surface area contributed by atoms with Crippen LogP contribution in [0, 0.1) is 5.92 Å². The molecular formula is C20H30ClN3O3.